The SMILES string of the molecule is CC(NC(=O)c1cccc(Cl)c1Cl)C(=O)NC1(CC(=O)O)CCCC1. The van der Waals surface area contributed by atoms with Gasteiger partial charge >= 0.3 is 5.97 Å². The van der Waals surface area contributed by atoms with E-state index in [1.165, 1.54) is 13.0 Å². The molecular weight excluding hydrogens is 367 g/mol. The Morgan fingerprint density at radius 1 is 1.24 bits per heavy atom. The van der Waals surface area contributed by atoms with Crippen LogP contribution in [0, 0.1) is 0 Å². The molecule has 8 heteroatoms. The van der Waals surface area contributed by atoms with Crippen molar-refractivity contribution in [3.63, 3.8) is 0 Å². The van der Waals surface area contributed by atoms with Gasteiger partial charge in [-0.05, 0) is 31.9 Å². The molecule has 25 heavy (non-hydrogen) atoms. The van der Waals surface area contributed by atoms with Gasteiger partial charge in [0.2, 0.25) is 5.91 Å². The van der Waals surface area contributed by atoms with Gasteiger partial charge in [-0.25, -0.2) is 0 Å². The summed E-state index contributed by atoms with van der Waals surface area (Å²) in [5.74, 6) is -1.90. The molecule has 136 valence electrons. The fraction of sp³-hybridized carbons (Fsp3) is 0.471. The third kappa shape index (κ3) is 4.86. The zero-order valence-electron chi connectivity index (χ0n) is 13.8. The zero-order valence-corrected chi connectivity index (χ0v) is 15.3. The fourth-order valence-corrected chi connectivity index (χ4v) is 3.46. The number of carbonyl (C=O) groups excluding carboxylic acids is 2. The van der Waals surface area contributed by atoms with Gasteiger partial charge in [-0.1, -0.05) is 42.1 Å². The minimum absolute atomic E-state index is 0.118. The first kappa shape index (κ1) is 19.5. The van der Waals surface area contributed by atoms with Crippen molar-refractivity contribution < 1.29 is 19.5 Å². The molecule has 0 aromatic heterocycles. The first-order valence-electron chi connectivity index (χ1n) is 8.03. The van der Waals surface area contributed by atoms with Crippen molar-refractivity contribution in [3.05, 3.63) is 33.8 Å². The standard InChI is InChI=1S/C17H20Cl2N2O4/c1-10(20-16(25)11-5-4-6-12(18)14(11)19)15(24)21-17(9-13(22)23)7-2-3-8-17/h4-6,10H,2-3,7-9H2,1H3,(H,20,25)(H,21,24)(H,22,23). The molecule has 0 saturated heterocycles. The van der Waals surface area contributed by atoms with Crippen LogP contribution in [-0.4, -0.2) is 34.5 Å². The zero-order chi connectivity index (χ0) is 18.6. The molecule has 2 amide bonds. The maximum atomic E-state index is 12.4. The van der Waals surface area contributed by atoms with Crippen molar-refractivity contribution in [2.24, 2.45) is 0 Å². The van der Waals surface area contributed by atoms with Gasteiger partial charge in [0.25, 0.3) is 5.91 Å². The summed E-state index contributed by atoms with van der Waals surface area (Å²) in [6.07, 6.45) is 2.84. The average Bonchev–Trinajstić information content (AvgIpc) is 2.96. The summed E-state index contributed by atoms with van der Waals surface area (Å²) in [6, 6.07) is 3.83. The number of aliphatic carboxylic acids is 1. The molecule has 0 aliphatic heterocycles. The van der Waals surface area contributed by atoms with Crippen LogP contribution in [0.2, 0.25) is 10.0 Å². The molecule has 1 aromatic carbocycles. The van der Waals surface area contributed by atoms with Crippen molar-refractivity contribution >= 4 is 41.0 Å². The number of carboxylic acids is 1. The Morgan fingerprint density at radius 3 is 2.48 bits per heavy atom. The van der Waals surface area contributed by atoms with Gasteiger partial charge in [0.15, 0.2) is 0 Å². The molecule has 0 radical (unpaired) electrons. The van der Waals surface area contributed by atoms with Gasteiger partial charge in [0.05, 0.1) is 27.6 Å². The Hall–Kier alpha value is -1.79. The number of nitrogens with one attached hydrogen (secondary N) is 2. The molecule has 6 nitrogen and oxygen atoms in total. The van der Waals surface area contributed by atoms with E-state index < -0.39 is 29.4 Å². The second-order valence-corrected chi connectivity index (χ2v) is 7.13. The Balaban J connectivity index is 2.03. The minimum Gasteiger partial charge on any atom is -0.481 e. The van der Waals surface area contributed by atoms with Crippen LogP contribution in [0.5, 0.6) is 0 Å². The van der Waals surface area contributed by atoms with E-state index in [9.17, 15) is 14.4 Å². The molecule has 1 fully saturated rings. The second-order valence-electron chi connectivity index (χ2n) is 6.34. The van der Waals surface area contributed by atoms with Crippen LogP contribution in [0.3, 0.4) is 0 Å². The number of hydrogen-bond donors (Lipinski definition) is 3. The molecule has 1 aromatic rings. The van der Waals surface area contributed by atoms with Gasteiger partial charge in [0.1, 0.15) is 6.04 Å². The van der Waals surface area contributed by atoms with Gasteiger partial charge in [-0.15, -0.1) is 0 Å². The summed E-state index contributed by atoms with van der Waals surface area (Å²) in [6.45, 7) is 1.54. The first-order chi connectivity index (χ1) is 11.7. The lowest BCUT2D eigenvalue weighted by Crippen LogP contribution is -2.54. The number of hydrogen-bond acceptors (Lipinski definition) is 3. The largest absolute Gasteiger partial charge is 0.481 e. The van der Waals surface area contributed by atoms with E-state index in [1.807, 2.05) is 0 Å². The summed E-state index contributed by atoms with van der Waals surface area (Å²) in [4.78, 5) is 35.8. The molecule has 1 atom stereocenters. The van der Waals surface area contributed by atoms with Crippen LogP contribution >= 0.6 is 23.2 Å². The molecule has 1 aliphatic rings. The van der Waals surface area contributed by atoms with E-state index in [2.05, 4.69) is 10.6 Å². The Kier molecular flexibility index (Phi) is 6.30. The third-order valence-corrected chi connectivity index (χ3v) is 5.19. The smallest absolute Gasteiger partial charge is 0.305 e. The summed E-state index contributed by atoms with van der Waals surface area (Å²) < 4.78 is 0. The average molecular weight is 387 g/mol. The van der Waals surface area contributed by atoms with E-state index >= 15 is 0 Å². The highest BCUT2D eigenvalue weighted by Crippen LogP contribution is 2.32. The molecule has 2 rings (SSSR count). The molecule has 3 N–H and O–H groups in total. The number of halogens is 2. The predicted molar refractivity (Wildman–Crippen MR) is 95.0 cm³/mol. The number of carbonyl (C=O) groups is 3. The van der Waals surface area contributed by atoms with Crippen molar-refractivity contribution in [3.8, 4) is 0 Å². The van der Waals surface area contributed by atoms with Gasteiger partial charge in [-0.2, -0.15) is 0 Å². The molecule has 0 bridgehead atoms. The van der Waals surface area contributed by atoms with Crippen LogP contribution in [0.25, 0.3) is 0 Å². The van der Waals surface area contributed by atoms with Crippen molar-refractivity contribution in [1.29, 1.82) is 0 Å². The van der Waals surface area contributed by atoms with Crippen LogP contribution < -0.4 is 10.6 Å². The van der Waals surface area contributed by atoms with Crippen molar-refractivity contribution in [1.82, 2.24) is 10.6 Å². The highest BCUT2D eigenvalue weighted by molar-refractivity contribution is 6.43. The monoisotopic (exact) mass is 386 g/mol. The summed E-state index contributed by atoms with van der Waals surface area (Å²) in [5.41, 5.74) is -0.565. The Morgan fingerprint density at radius 2 is 1.88 bits per heavy atom. The third-order valence-electron chi connectivity index (χ3n) is 4.38. The summed E-state index contributed by atoms with van der Waals surface area (Å²) in [5, 5.41) is 14.8. The second kappa shape index (κ2) is 8.06. The quantitative estimate of drug-likeness (QED) is 0.699. The van der Waals surface area contributed by atoms with E-state index in [4.69, 9.17) is 28.3 Å². The molecule has 1 aliphatic carbocycles. The summed E-state index contributed by atoms with van der Waals surface area (Å²) >= 11 is 11.9. The maximum absolute atomic E-state index is 12.4. The number of benzene rings is 1. The van der Waals surface area contributed by atoms with Crippen molar-refractivity contribution in [2.45, 2.75) is 50.6 Å². The topological polar surface area (TPSA) is 95.5 Å². The molecule has 0 spiro atoms. The lowest BCUT2D eigenvalue weighted by molar-refractivity contribution is -0.139. The molecule has 0 heterocycles. The highest BCUT2D eigenvalue weighted by Gasteiger charge is 2.38. The number of amides is 2. The Labute approximate surface area is 155 Å². The lowest BCUT2D eigenvalue weighted by Gasteiger charge is -2.30. The van der Waals surface area contributed by atoms with Crippen LogP contribution in [0.15, 0.2) is 18.2 Å². The first-order valence-corrected chi connectivity index (χ1v) is 8.78. The molecule has 1 unspecified atom stereocenters. The number of carboxylic acid groups (broad SMARTS) is 1. The fourth-order valence-electron chi connectivity index (χ4n) is 3.08. The van der Waals surface area contributed by atoms with E-state index in [1.54, 1.807) is 12.1 Å². The van der Waals surface area contributed by atoms with Crippen molar-refractivity contribution in [2.75, 3.05) is 0 Å². The minimum atomic E-state index is -0.954. The van der Waals surface area contributed by atoms with Gasteiger partial charge in [-0.3, -0.25) is 14.4 Å². The summed E-state index contributed by atoms with van der Waals surface area (Å²) in [7, 11) is 0. The maximum Gasteiger partial charge on any atom is 0.305 e. The number of rotatable bonds is 6. The van der Waals surface area contributed by atoms with Crippen LogP contribution in [0.4, 0.5) is 0 Å². The van der Waals surface area contributed by atoms with Crippen LogP contribution in [0.1, 0.15) is 49.4 Å². The van der Waals surface area contributed by atoms with Crippen LogP contribution in [-0.2, 0) is 9.59 Å². The van der Waals surface area contributed by atoms with Gasteiger partial charge < -0.3 is 15.7 Å². The molecule has 1 saturated carbocycles. The predicted octanol–water partition coefficient (Wildman–Crippen LogP) is 3.02. The van der Waals surface area contributed by atoms with E-state index in [0.29, 0.717) is 12.8 Å². The molecular formula is C17H20Cl2N2O4. The van der Waals surface area contributed by atoms with Gasteiger partial charge in [0, 0.05) is 0 Å². The lowest BCUT2D eigenvalue weighted by atomic mass is 9.92. The Bertz CT molecular complexity index is 687. The normalized spacial score (nSPS) is 16.9. The van der Waals surface area contributed by atoms with E-state index in [0.717, 1.165) is 12.8 Å². The highest BCUT2D eigenvalue weighted by atomic mass is 35.5. The van der Waals surface area contributed by atoms with E-state index in [-0.39, 0.29) is 22.0 Å².